The summed E-state index contributed by atoms with van der Waals surface area (Å²) in [5, 5.41) is 0. The molecule has 0 amide bonds. The lowest BCUT2D eigenvalue weighted by Gasteiger charge is -2.09. The van der Waals surface area contributed by atoms with Gasteiger partial charge in [0.1, 0.15) is 0 Å². The Morgan fingerprint density at radius 1 is 1.38 bits per heavy atom. The molecule has 1 aromatic rings. The lowest BCUT2D eigenvalue weighted by molar-refractivity contribution is -0.137. The van der Waals surface area contributed by atoms with Crippen molar-refractivity contribution in [3.05, 3.63) is 52.9 Å². The van der Waals surface area contributed by atoms with Crippen LogP contribution in [0.4, 0.5) is 13.2 Å². The summed E-state index contributed by atoms with van der Waals surface area (Å²) in [4.78, 5) is 12.2. The van der Waals surface area contributed by atoms with Crippen LogP contribution in [0, 0.1) is 0 Å². The van der Waals surface area contributed by atoms with Crippen molar-refractivity contribution in [1.29, 1.82) is 0 Å². The predicted molar refractivity (Wildman–Crippen MR) is 71.9 cm³/mol. The van der Waals surface area contributed by atoms with Crippen LogP contribution in [0.2, 0.25) is 0 Å². The average molecular weight is 297 g/mol. The zero-order chi connectivity index (χ0) is 15.6. The second-order valence-corrected chi connectivity index (χ2v) is 4.58. The number of carbonyl (C=O) groups is 1. The molecular formula is C15H14F3NO2. The van der Waals surface area contributed by atoms with Crippen molar-refractivity contribution in [3.8, 4) is 0 Å². The molecule has 0 atom stereocenters. The van der Waals surface area contributed by atoms with Crippen molar-refractivity contribution in [2.24, 2.45) is 5.73 Å². The van der Waals surface area contributed by atoms with Crippen molar-refractivity contribution in [3.63, 3.8) is 0 Å². The topological polar surface area (TPSA) is 52.3 Å². The van der Waals surface area contributed by atoms with Crippen LogP contribution < -0.4 is 5.73 Å². The molecule has 0 radical (unpaired) electrons. The molecule has 1 aromatic carbocycles. The third-order valence-electron chi connectivity index (χ3n) is 3.09. The Morgan fingerprint density at radius 3 is 2.71 bits per heavy atom. The highest BCUT2D eigenvalue weighted by Crippen LogP contribution is 2.35. The average Bonchev–Trinajstić information content (AvgIpc) is 2.70. The van der Waals surface area contributed by atoms with Gasteiger partial charge in [-0.3, -0.25) is 4.79 Å². The van der Waals surface area contributed by atoms with Gasteiger partial charge < -0.3 is 10.5 Å². The first kappa shape index (κ1) is 15.2. The van der Waals surface area contributed by atoms with E-state index in [1.165, 1.54) is 18.4 Å². The van der Waals surface area contributed by atoms with Gasteiger partial charge in [-0.25, -0.2) is 0 Å². The Balaban J connectivity index is 2.39. The minimum atomic E-state index is -4.46. The van der Waals surface area contributed by atoms with Crippen LogP contribution in [0.15, 0.2) is 41.8 Å². The summed E-state index contributed by atoms with van der Waals surface area (Å²) in [6.07, 6.45) is -2.96. The van der Waals surface area contributed by atoms with E-state index in [-0.39, 0.29) is 29.0 Å². The molecule has 21 heavy (non-hydrogen) atoms. The van der Waals surface area contributed by atoms with Gasteiger partial charge in [0.15, 0.2) is 5.78 Å². The molecule has 0 aromatic heterocycles. The zero-order valence-electron chi connectivity index (χ0n) is 11.3. The number of carbonyl (C=O) groups excluding carboxylic acids is 1. The maximum Gasteiger partial charge on any atom is 0.416 e. The number of benzene rings is 1. The lowest BCUT2D eigenvalue weighted by Crippen LogP contribution is -2.07. The minimum absolute atomic E-state index is 0.118. The smallest absolute Gasteiger partial charge is 0.416 e. The number of rotatable bonds is 3. The quantitative estimate of drug-likeness (QED) is 0.688. The van der Waals surface area contributed by atoms with Crippen LogP contribution in [0.1, 0.15) is 24.5 Å². The van der Waals surface area contributed by atoms with Crippen LogP contribution in [-0.2, 0) is 15.7 Å². The second-order valence-electron chi connectivity index (χ2n) is 4.58. The molecule has 0 aliphatic heterocycles. The molecule has 0 bridgehead atoms. The van der Waals surface area contributed by atoms with E-state index in [4.69, 9.17) is 10.5 Å². The zero-order valence-corrected chi connectivity index (χ0v) is 11.3. The molecule has 0 heterocycles. The molecule has 0 saturated heterocycles. The summed E-state index contributed by atoms with van der Waals surface area (Å²) in [5.74, 6) is -0.389. The first-order valence-corrected chi connectivity index (χ1v) is 6.36. The number of hydrogen-bond acceptors (Lipinski definition) is 3. The Hall–Kier alpha value is -2.24. The van der Waals surface area contributed by atoms with Gasteiger partial charge >= 0.3 is 6.18 Å². The van der Waals surface area contributed by atoms with Crippen molar-refractivity contribution in [2.45, 2.75) is 19.5 Å². The van der Waals surface area contributed by atoms with E-state index >= 15 is 0 Å². The molecule has 2 rings (SSSR count). The number of alkyl halides is 3. The van der Waals surface area contributed by atoms with E-state index < -0.39 is 11.7 Å². The number of ether oxygens (including phenoxy) is 1. The van der Waals surface area contributed by atoms with Gasteiger partial charge in [0.05, 0.1) is 18.4 Å². The fourth-order valence-corrected chi connectivity index (χ4v) is 2.13. The minimum Gasteiger partial charge on any atom is -0.501 e. The number of nitrogens with two attached hydrogens (primary N) is 1. The van der Waals surface area contributed by atoms with Crippen molar-refractivity contribution >= 4 is 11.4 Å². The van der Waals surface area contributed by atoms with E-state index in [0.29, 0.717) is 12.2 Å². The van der Waals surface area contributed by atoms with Crippen LogP contribution in [0.25, 0.3) is 5.57 Å². The highest BCUT2D eigenvalue weighted by molar-refractivity contribution is 6.32. The van der Waals surface area contributed by atoms with E-state index in [1.807, 2.05) is 0 Å². The number of ketones is 1. The van der Waals surface area contributed by atoms with E-state index in [1.54, 1.807) is 6.92 Å². The molecule has 6 heteroatoms. The monoisotopic (exact) mass is 297 g/mol. The highest BCUT2D eigenvalue weighted by atomic mass is 19.4. The first-order valence-electron chi connectivity index (χ1n) is 6.36. The number of Topliss-reactive ketones (excluding diaryl/α,β-unsaturated/α-hetero) is 1. The third-order valence-corrected chi connectivity index (χ3v) is 3.09. The normalized spacial score (nSPS) is 17.7. The van der Waals surface area contributed by atoms with Gasteiger partial charge in [-0.15, -0.1) is 0 Å². The number of halogens is 3. The highest BCUT2D eigenvalue weighted by Gasteiger charge is 2.33. The summed E-state index contributed by atoms with van der Waals surface area (Å²) >= 11 is 0. The van der Waals surface area contributed by atoms with E-state index in [2.05, 4.69) is 0 Å². The van der Waals surface area contributed by atoms with E-state index in [9.17, 15) is 18.0 Å². The molecule has 2 N–H and O–H groups in total. The standard InChI is InChI=1S/C15H14F3NO2/c1-2-21-8-10-7-12(19)13(14(10)20)9-4-3-5-11(6-9)15(16,17)18/h3-6,8H,2,7,19H2,1H3/b10-8-. The molecular weight excluding hydrogens is 283 g/mol. The van der Waals surface area contributed by atoms with Crippen LogP contribution in [0.3, 0.4) is 0 Å². The van der Waals surface area contributed by atoms with Gasteiger partial charge in [-0.05, 0) is 24.6 Å². The molecule has 0 fully saturated rings. The molecule has 0 spiro atoms. The van der Waals surface area contributed by atoms with Gasteiger partial charge in [0, 0.05) is 23.3 Å². The lowest BCUT2D eigenvalue weighted by atomic mass is 10.0. The van der Waals surface area contributed by atoms with Crippen LogP contribution >= 0.6 is 0 Å². The molecule has 3 nitrogen and oxygen atoms in total. The Labute approximate surface area is 119 Å². The SMILES string of the molecule is CCO/C=C1/CC(N)=C(c2cccc(C(F)(F)F)c2)C1=O. The number of hydrogen-bond donors (Lipinski definition) is 1. The van der Waals surface area contributed by atoms with Gasteiger partial charge in [-0.1, -0.05) is 12.1 Å². The molecule has 0 saturated carbocycles. The van der Waals surface area contributed by atoms with Gasteiger partial charge in [-0.2, -0.15) is 13.2 Å². The maximum absolute atomic E-state index is 12.7. The Morgan fingerprint density at radius 2 is 2.10 bits per heavy atom. The molecule has 1 aliphatic carbocycles. The predicted octanol–water partition coefficient (Wildman–Crippen LogP) is 3.27. The van der Waals surface area contributed by atoms with E-state index in [0.717, 1.165) is 12.1 Å². The summed E-state index contributed by atoms with van der Waals surface area (Å²) in [6.45, 7) is 2.16. The van der Waals surface area contributed by atoms with Crippen molar-refractivity contribution < 1.29 is 22.7 Å². The second kappa shape index (κ2) is 5.63. The Kier molecular flexibility index (Phi) is 4.06. The first-order chi connectivity index (χ1) is 9.84. The van der Waals surface area contributed by atoms with Crippen LogP contribution in [-0.4, -0.2) is 12.4 Å². The molecule has 112 valence electrons. The van der Waals surface area contributed by atoms with Crippen molar-refractivity contribution in [1.82, 2.24) is 0 Å². The molecule has 1 aliphatic rings. The third kappa shape index (κ3) is 3.09. The fourth-order valence-electron chi connectivity index (χ4n) is 2.13. The summed E-state index contributed by atoms with van der Waals surface area (Å²) in [6, 6.07) is 4.59. The van der Waals surface area contributed by atoms with Crippen molar-refractivity contribution in [2.75, 3.05) is 6.61 Å². The fraction of sp³-hybridized carbons (Fsp3) is 0.267. The van der Waals surface area contributed by atoms with Crippen LogP contribution in [0.5, 0.6) is 0 Å². The molecule has 0 unspecified atom stereocenters. The summed E-state index contributed by atoms with van der Waals surface area (Å²) in [5.41, 5.74) is 5.89. The summed E-state index contributed by atoms with van der Waals surface area (Å²) < 4.78 is 43.2. The summed E-state index contributed by atoms with van der Waals surface area (Å²) in [7, 11) is 0. The van der Waals surface area contributed by atoms with Gasteiger partial charge in [0.25, 0.3) is 0 Å². The maximum atomic E-state index is 12.7. The Bertz CT molecular complexity index is 630. The van der Waals surface area contributed by atoms with Gasteiger partial charge in [0.2, 0.25) is 0 Å². The number of allylic oxidation sites excluding steroid dienone is 2. The largest absolute Gasteiger partial charge is 0.501 e.